The minimum absolute atomic E-state index is 0.356. The molecule has 0 bridgehead atoms. The summed E-state index contributed by atoms with van der Waals surface area (Å²) in [5.41, 5.74) is 3.67. The lowest BCUT2D eigenvalue weighted by Gasteiger charge is -2.11. The topological polar surface area (TPSA) is 64.6 Å². The van der Waals surface area contributed by atoms with Crippen LogP contribution in [0.2, 0.25) is 0 Å². The molecule has 0 saturated carbocycles. The third-order valence-corrected chi connectivity index (χ3v) is 4.40. The second-order valence-corrected chi connectivity index (χ2v) is 6.58. The van der Waals surface area contributed by atoms with Crippen LogP contribution in [0, 0.1) is 0 Å². The van der Waals surface area contributed by atoms with Gasteiger partial charge in [-0.25, -0.2) is 4.79 Å². The van der Waals surface area contributed by atoms with Crippen molar-refractivity contribution < 1.29 is 19.1 Å². The Bertz CT molecular complexity index is 1010. The minimum atomic E-state index is -0.585. The molecule has 1 amide bonds. The smallest absolute Gasteiger partial charge is 0.331 e. The van der Waals surface area contributed by atoms with Crippen LogP contribution in [0.4, 0.5) is 5.69 Å². The lowest BCUT2D eigenvalue weighted by molar-refractivity contribution is -0.142. The SMILES string of the molecule is COc1ccc(/C=C/C(=O)OCC(=O)Nc2ccccc2Cc2ccccc2)cc1. The normalized spacial score (nSPS) is 10.6. The van der Waals surface area contributed by atoms with E-state index in [4.69, 9.17) is 9.47 Å². The van der Waals surface area contributed by atoms with Crippen LogP contribution in [0.3, 0.4) is 0 Å². The summed E-state index contributed by atoms with van der Waals surface area (Å²) in [7, 11) is 1.59. The quantitative estimate of drug-likeness (QED) is 0.446. The molecule has 0 saturated heterocycles. The van der Waals surface area contributed by atoms with E-state index < -0.39 is 5.97 Å². The number of methoxy groups -OCH3 is 1. The molecule has 3 aromatic rings. The first-order valence-electron chi connectivity index (χ1n) is 9.54. The molecule has 5 nitrogen and oxygen atoms in total. The summed E-state index contributed by atoms with van der Waals surface area (Å²) in [6.45, 7) is -0.356. The monoisotopic (exact) mass is 401 g/mol. The Morgan fingerprint density at radius 3 is 2.33 bits per heavy atom. The molecule has 0 aromatic heterocycles. The summed E-state index contributed by atoms with van der Waals surface area (Å²) in [5, 5.41) is 2.82. The summed E-state index contributed by atoms with van der Waals surface area (Å²) >= 11 is 0. The fourth-order valence-electron chi connectivity index (χ4n) is 2.86. The number of carbonyl (C=O) groups is 2. The molecule has 1 N–H and O–H groups in total. The minimum Gasteiger partial charge on any atom is -0.497 e. The van der Waals surface area contributed by atoms with Gasteiger partial charge in [-0.1, -0.05) is 60.7 Å². The Balaban J connectivity index is 1.52. The van der Waals surface area contributed by atoms with Gasteiger partial charge in [-0.15, -0.1) is 0 Å². The standard InChI is InChI=1S/C25H23NO4/c1-29-22-14-11-19(12-15-22)13-16-25(28)30-18-24(27)26-23-10-6-5-9-21(23)17-20-7-3-2-4-8-20/h2-16H,17-18H2,1H3,(H,26,27)/b16-13+. The summed E-state index contributed by atoms with van der Waals surface area (Å²) in [4.78, 5) is 24.1. The van der Waals surface area contributed by atoms with E-state index in [2.05, 4.69) is 5.32 Å². The predicted molar refractivity (Wildman–Crippen MR) is 117 cm³/mol. The number of rotatable bonds is 8. The van der Waals surface area contributed by atoms with Gasteiger partial charge >= 0.3 is 5.97 Å². The van der Waals surface area contributed by atoms with Gasteiger partial charge in [0.05, 0.1) is 7.11 Å². The van der Waals surface area contributed by atoms with E-state index in [1.54, 1.807) is 25.3 Å². The lowest BCUT2D eigenvalue weighted by Crippen LogP contribution is -2.20. The van der Waals surface area contributed by atoms with Crippen LogP contribution in [-0.4, -0.2) is 25.6 Å². The maximum atomic E-state index is 12.2. The van der Waals surface area contributed by atoms with Crippen LogP contribution < -0.4 is 10.1 Å². The van der Waals surface area contributed by atoms with Crippen molar-refractivity contribution in [2.45, 2.75) is 6.42 Å². The number of esters is 1. The van der Waals surface area contributed by atoms with Gasteiger partial charge in [0.2, 0.25) is 0 Å². The van der Waals surface area contributed by atoms with Gasteiger partial charge in [0.1, 0.15) is 5.75 Å². The maximum Gasteiger partial charge on any atom is 0.331 e. The summed E-state index contributed by atoms with van der Waals surface area (Å²) in [6.07, 6.45) is 3.61. The van der Waals surface area contributed by atoms with Crippen molar-refractivity contribution in [1.82, 2.24) is 0 Å². The molecule has 0 spiro atoms. The Labute approximate surface area is 176 Å². The second-order valence-electron chi connectivity index (χ2n) is 6.58. The zero-order valence-corrected chi connectivity index (χ0v) is 16.7. The second kappa shape index (κ2) is 10.6. The maximum absolute atomic E-state index is 12.2. The van der Waals surface area contributed by atoms with E-state index in [9.17, 15) is 9.59 Å². The summed E-state index contributed by atoms with van der Waals surface area (Å²) < 4.78 is 10.1. The van der Waals surface area contributed by atoms with Gasteiger partial charge in [-0.3, -0.25) is 4.79 Å². The number of para-hydroxylation sites is 1. The van der Waals surface area contributed by atoms with Crippen molar-refractivity contribution in [3.8, 4) is 5.75 Å². The average Bonchev–Trinajstić information content (AvgIpc) is 2.78. The molecule has 3 aromatic carbocycles. The van der Waals surface area contributed by atoms with Crippen molar-refractivity contribution >= 4 is 23.6 Å². The van der Waals surface area contributed by atoms with Gasteiger partial charge < -0.3 is 14.8 Å². The predicted octanol–water partition coefficient (Wildman–Crippen LogP) is 4.48. The van der Waals surface area contributed by atoms with Crippen molar-refractivity contribution in [2.24, 2.45) is 0 Å². The molecule has 30 heavy (non-hydrogen) atoms. The van der Waals surface area contributed by atoms with Gasteiger partial charge in [-0.05, 0) is 47.4 Å². The molecule has 3 rings (SSSR count). The molecule has 5 heteroatoms. The Kier molecular flexibility index (Phi) is 7.39. The number of carbonyl (C=O) groups excluding carboxylic acids is 2. The molecule has 0 aliphatic carbocycles. The molecular weight excluding hydrogens is 378 g/mol. The molecule has 0 unspecified atom stereocenters. The highest BCUT2D eigenvalue weighted by Gasteiger charge is 2.09. The molecule has 0 fully saturated rings. The molecule has 152 valence electrons. The number of benzene rings is 3. The van der Waals surface area contributed by atoms with E-state index in [0.29, 0.717) is 12.1 Å². The van der Waals surface area contributed by atoms with Crippen molar-refractivity contribution in [1.29, 1.82) is 0 Å². The zero-order chi connectivity index (χ0) is 21.2. The van der Waals surface area contributed by atoms with Crippen LogP contribution in [0.1, 0.15) is 16.7 Å². The number of hydrogen-bond donors (Lipinski definition) is 1. The van der Waals surface area contributed by atoms with Gasteiger partial charge in [-0.2, -0.15) is 0 Å². The molecule has 0 aliphatic rings. The number of anilines is 1. The highest BCUT2D eigenvalue weighted by Crippen LogP contribution is 2.19. The van der Waals surface area contributed by atoms with E-state index in [-0.39, 0.29) is 12.5 Å². The van der Waals surface area contributed by atoms with Gasteiger partial charge in [0.15, 0.2) is 6.61 Å². The van der Waals surface area contributed by atoms with E-state index in [1.807, 2.05) is 66.7 Å². The Morgan fingerprint density at radius 1 is 0.900 bits per heavy atom. The largest absolute Gasteiger partial charge is 0.497 e. The van der Waals surface area contributed by atoms with Crippen LogP contribution >= 0.6 is 0 Å². The van der Waals surface area contributed by atoms with Gasteiger partial charge in [0.25, 0.3) is 5.91 Å². The van der Waals surface area contributed by atoms with E-state index >= 15 is 0 Å². The zero-order valence-electron chi connectivity index (χ0n) is 16.7. The third kappa shape index (κ3) is 6.34. The first-order valence-corrected chi connectivity index (χ1v) is 9.54. The van der Waals surface area contributed by atoms with E-state index in [0.717, 1.165) is 22.4 Å². The number of hydrogen-bond acceptors (Lipinski definition) is 4. The Morgan fingerprint density at radius 2 is 1.60 bits per heavy atom. The number of amides is 1. The highest BCUT2D eigenvalue weighted by atomic mass is 16.5. The first-order chi connectivity index (χ1) is 14.6. The average molecular weight is 401 g/mol. The third-order valence-electron chi connectivity index (χ3n) is 4.40. The number of ether oxygens (including phenoxy) is 2. The van der Waals surface area contributed by atoms with Crippen LogP contribution in [-0.2, 0) is 20.7 Å². The molecule has 0 aliphatic heterocycles. The van der Waals surface area contributed by atoms with Crippen LogP contribution in [0.5, 0.6) is 5.75 Å². The molecule has 0 atom stereocenters. The van der Waals surface area contributed by atoms with Crippen molar-refractivity contribution in [3.05, 3.63) is 102 Å². The number of nitrogens with one attached hydrogen (secondary N) is 1. The molecule has 0 heterocycles. The van der Waals surface area contributed by atoms with Crippen molar-refractivity contribution in [3.63, 3.8) is 0 Å². The van der Waals surface area contributed by atoms with Crippen LogP contribution in [0.25, 0.3) is 6.08 Å². The molecule has 0 radical (unpaired) electrons. The summed E-state index contributed by atoms with van der Waals surface area (Å²) in [5.74, 6) is -0.237. The fraction of sp³-hybridized carbons (Fsp3) is 0.120. The summed E-state index contributed by atoms with van der Waals surface area (Å²) in [6, 6.07) is 24.8. The van der Waals surface area contributed by atoms with E-state index in [1.165, 1.54) is 6.08 Å². The van der Waals surface area contributed by atoms with Crippen molar-refractivity contribution in [2.75, 3.05) is 19.0 Å². The Hall–Kier alpha value is -3.86. The first kappa shape index (κ1) is 20.9. The lowest BCUT2D eigenvalue weighted by atomic mass is 10.0. The molecular formula is C25H23NO4. The van der Waals surface area contributed by atoms with Gasteiger partial charge in [0, 0.05) is 11.8 Å². The highest BCUT2D eigenvalue weighted by molar-refractivity contribution is 5.95. The fourth-order valence-corrected chi connectivity index (χ4v) is 2.86. The van der Waals surface area contributed by atoms with Crippen LogP contribution in [0.15, 0.2) is 84.9 Å².